The van der Waals surface area contributed by atoms with E-state index >= 15 is 0 Å². The molecule has 164 valence electrons. The maximum absolute atomic E-state index is 13.0. The van der Waals surface area contributed by atoms with Gasteiger partial charge in [0.25, 0.3) is 10.0 Å². The van der Waals surface area contributed by atoms with Crippen molar-refractivity contribution in [1.29, 1.82) is 0 Å². The number of likely N-dealkylation sites (tertiary alicyclic amines) is 1. The van der Waals surface area contributed by atoms with Crippen LogP contribution in [-0.4, -0.2) is 39.6 Å². The van der Waals surface area contributed by atoms with Crippen molar-refractivity contribution in [3.05, 3.63) is 57.9 Å². The zero-order valence-electron chi connectivity index (χ0n) is 16.6. The Hall–Kier alpha value is -1.97. The minimum Gasteiger partial charge on any atom is -0.487 e. The molecule has 3 aromatic rings. The molecule has 10 heteroatoms. The average molecular weight is 498 g/mol. The number of hydrogen-bond donors (Lipinski definition) is 2. The van der Waals surface area contributed by atoms with Gasteiger partial charge in [0.1, 0.15) is 20.4 Å². The average Bonchev–Trinajstić information content (AvgIpc) is 3.30. The Kier molecular flexibility index (Phi) is 6.37. The first-order valence-corrected chi connectivity index (χ1v) is 12.6. The molecule has 1 atom stereocenters. The van der Waals surface area contributed by atoms with Crippen LogP contribution in [0, 0.1) is 0 Å². The Balaban J connectivity index is 1.57. The second-order valence-electron chi connectivity index (χ2n) is 7.38. The smallest absolute Gasteiger partial charge is 0.271 e. The lowest BCUT2D eigenvalue weighted by Crippen LogP contribution is -2.21. The van der Waals surface area contributed by atoms with Crippen LogP contribution in [0.2, 0.25) is 9.36 Å². The van der Waals surface area contributed by atoms with Gasteiger partial charge in [-0.1, -0.05) is 41.4 Å². The molecule has 31 heavy (non-hydrogen) atoms. The van der Waals surface area contributed by atoms with E-state index in [1.807, 2.05) is 19.2 Å². The van der Waals surface area contributed by atoms with Crippen molar-refractivity contribution in [3.8, 4) is 16.9 Å². The molecule has 1 aliphatic rings. The molecule has 0 saturated carbocycles. The van der Waals surface area contributed by atoms with E-state index in [9.17, 15) is 8.42 Å². The summed E-state index contributed by atoms with van der Waals surface area (Å²) in [6, 6.07) is 13.5. The van der Waals surface area contributed by atoms with Gasteiger partial charge in [-0.15, -0.1) is 11.3 Å². The van der Waals surface area contributed by atoms with Gasteiger partial charge in [-0.3, -0.25) is 4.72 Å². The van der Waals surface area contributed by atoms with Crippen molar-refractivity contribution in [2.24, 2.45) is 0 Å². The molecule has 6 nitrogen and oxygen atoms in total. The number of halogens is 2. The van der Waals surface area contributed by atoms with Crippen LogP contribution in [0.15, 0.2) is 52.7 Å². The number of hydrogen-bond acceptors (Lipinski definition) is 6. The lowest BCUT2D eigenvalue weighted by molar-refractivity contribution is 0.208. The lowest BCUT2D eigenvalue weighted by atomic mass is 10.1. The first-order valence-electron chi connectivity index (χ1n) is 9.55. The zero-order valence-corrected chi connectivity index (χ0v) is 19.8. The minimum absolute atomic E-state index is 0.0179. The summed E-state index contributed by atoms with van der Waals surface area (Å²) < 4.78 is 35.0. The summed E-state index contributed by atoms with van der Waals surface area (Å²) in [6.07, 6.45) is 0.909. The Bertz CT molecular complexity index is 1210. The third kappa shape index (κ3) is 4.94. The number of benzene rings is 2. The predicted molar refractivity (Wildman–Crippen MR) is 128 cm³/mol. The highest BCUT2D eigenvalue weighted by Crippen LogP contribution is 2.40. The molecule has 0 amide bonds. The largest absolute Gasteiger partial charge is 0.487 e. The number of ether oxygens (including phenoxy) is 1. The Labute approximate surface area is 195 Å². The molecule has 1 saturated heterocycles. The minimum atomic E-state index is -3.87. The molecule has 0 bridgehead atoms. The van der Waals surface area contributed by atoms with Gasteiger partial charge < -0.3 is 15.4 Å². The fourth-order valence-corrected chi connectivity index (χ4v) is 6.40. The van der Waals surface area contributed by atoms with Crippen molar-refractivity contribution in [2.75, 3.05) is 30.6 Å². The Morgan fingerprint density at radius 1 is 1.16 bits per heavy atom. The summed E-state index contributed by atoms with van der Waals surface area (Å²) in [5.41, 5.74) is 8.17. The van der Waals surface area contributed by atoms with Crippen LogP contribution in [0.1, 0.15) is 6.42 Å². The molecule has 0 aliphatic carbocycles. The molecule has 1 aromatic heterocycles. The van der Waals surface area contributed by atoms with Gasteiger partial charge in [-0.25, -0.2) is 8.42 Å². The number of nitrogens with two attached hydrogens (primary N) is 1. The van der Waals surface area contributed by atoms with Crippen molar-refractivity contribution >= 4 is 55.9 Å². The maximum Gasteiger partial charge on any atom is 0.271 e. The second kappa shape index (κ2) is 8.88. The van der Waals surface area contributed by atoms with E-state index in [-0.39, 0.29) is 10.3 Å². The van der Waals surface area contributed by atoms with Gasteiger partial charge in [0, 0.05) is 36.0 Å². The van der Waals surface area contributed by atoms with Crippen molar-refractivity contribution in [2.45, 2.75) is 16.7 Å². The van der Waals surface area contributed by atoms with E-state index < -0.39 is 10.0 Å². The van der Waals surface area contributed by atoms with Crippen LogP contribution >= 0.6 is 34.5 Å². The van der Waals surface area contributed by atoms with E-state index in [1.54, 1.807) is 30.3 Å². The highest BCUT2D eigenvalue weighted by molar-refractivity contribution is 7.94. The van der Waals surface area contributed by atoms with Crippen LogP contribution in [0.3, 0.4) is 0 Å². The van der Waals surface area contributed by atoms with E-state index in [0.29, 0.717) is 37.6 Å². The number of thiophene rings is 1. The van der Waals surface area contributed by atoms with Crippen molar-refractivity contribution in [3.63, 3.8) is 0 Å². The first-order chi connectivity index (χ1) is 14.7. The van der Waals surface area contributed by atoms with Crippen LogP contribution in [0.5, 0.6) is 5.75 Å². The number of nitrogens with zero attached hydrogens (tertiary/aromatic N) is 1. The van der Waals surface area contributed by atoms with Crippen molar-refractivity contribution in [1.82, 2.24) is 4.90 Å². The van der Waals surface area contributed by atoms with Gasteiger partial charge in [-0.2, -0.15) is 0 Å². The number of anilines is 2. The molecule has 0 radical (unpaired) electrons. The fourth-order valence-electron chi connectivity index (χ4n) is 3.44. The van der Waals surface area contributed by atoms with Crippen LogP contribution in [0.25, 0.3) is 11.1 Å². The van der Waals surface area contributed by atoms with Gasteiger partial charge in [0.15, 0.2) is 0 Å². The third-order valence-corrected chi connectivity index (χ3v) is 8.53. The first kappa shape index (κ1) is 22.2. The topological polar surface area (TPSA) is 84.7 Å². The van der Waals surface area contributed by atoms with Gasteiger partial charge in [0.2, 0.25) is 0 Å². The van der Waals surface area contributed by atoms with Crippen LogP contribution in [0.4, 0.5) is 11.4 Å². The van der Waals surface area contributed by atoms with Gasteiger partial charge in [0.05, 0.1) is 10.7 Å². The molecular formula is C21H21Cl2N3O3S2. The number of likely N-dealkylation sites (N-methyl/N-ethyl adjacent to an activating group) is 1. The Morgan fingerprint density at radius 2 is 1.94 bits per heavy atom. The molecule has 0 unspecified atom stereocenters. The summed E-state index contributed by atoms with van der Waals surface area (Å²) in [4.78, 5) is 2.17. The number of para-hydroxylation sites is 1. The second-order valence-corrected chi connectivity index (χ2v) is 11.4. The quantitative estimate of drug-likeness (QED) is 0.457. The van der Waals surface area contributed by atoms with Gasteiger partial charge in [-0.05, 0) is 37.7 Å². The predicted octanol–water partition coefficient (Wildman–Crippen LogP) is 5.19. The van der Waals surface area contributed by atoms with E-state index in [0.717, 1.165) is 30.8 Å². The highest BCUT2D eigenvalue weighted by atomic mass is 35.5. The Morgan fingerprint density at radius 3 is 2.65 bits per heavy atom. The summed E-state index contributed by atoms with van der Waals surface area (Å²) in [6.45, 7) is 1.74. The fraction of sp³-hybridized carbons (Fsp3) is 0.238. The van der Waals surface area contributed by atoms with E-state index in [4.69, 9.17) is 33.7 Å². The molecular weight excluding hydrogens is 477 g/mol. The molecule has 4 rings (SSSR count). The third-order valence-electron chi connectivity index (χ3n) is 5.01. The number of rotatable bonds is 6. The van der Waals surface area contributed by atoms with E-state index in [1.165, 1.54) is 6.07 Å². The zero-order chi connectivity index (χ0) is 22.2. The molecule has 3 N–H and O–H groups in total. The van der Waals surface area contributed by atoms with Crippen LogP contribution < -0.4 is 15.2 Å². The molecule has 2 aromatic carbocycles. The molecule has 0 spiro atoms. The normalized spacial score (nSPS) is 17.1. The SMILES string of the molecule is CN1CC[C@@H](Oc2cc(NS(=O)(=O)c3cc(-c4ccccc4N)c(Cl)s3)ccc2Cl)C1. The number of sulfonamides is 1. The number of nitrogen functional groups attached to an aromatic ring is 1. The number of nitrogens with one attached hydrogen (secondary N) is 1. The van der Waals surface area contributed by atoms with Gasteiger partial charge >= 0.3 is 0 Å². The highest BCUT2D eigenvalue weighted by Gasteiger charge is 2.24. The summed E-state index contributed by atoms with van der Waals surface area (Å²) in [7, 11) is -1.84. The summed E-state index contributed by atoms with van der Waals surface area (Å²) >= 11 is 13.6. The molecule has 1 fully saturated rings. The van der Waals surface area contributed by atoms with Crippen molar-refractivity contribution < 1.29 is 13.2 Å². The molecule has 2 heterocycles. The standard InChI is InChI=1S/C21H21Cl2N3O3S2/c1-26-9-8-14(12-26)29-19-10-13(6-7-17(19)22)25-31(27,28)20-11-16(21(23)30-20)15-4-2-3-5-18(15)24/h2-7,10-11,14,25H,8-9,12,24H2,1H3/t14-/m1/s1. The molecule has 1 aliphatic heterocycles. The van der Waals surface area contributed by atoms with Crippen LogP contribution in [-0.2, 0) is 10.0 Å². The lowest BCUT2D eigenvalue weighted by Gasteiger charge is -2.16. The monoisotopic (exact) mass is 497 g/mol. The maximum atomic E-state index is 13.0. The summed E-state index contributed by atoms with van der Waals surface area (Å²) in [5.74, 6) is 0.448. The van der Waals surface area contributed by atoms with E-state index in [2.05, 4.69) is 9.62 Å². The summed E-state index contributed by atoms with van der Waals surface area (Å²) in [5, 5.41) is 0.429.